The average Bonchev–Trinajstić information content (AvgIpc) is 3.28. The van der Waals surface area contributed by atoms with Crippen LogP contribution in [0.1, 0.15) is 11.4 Å². The third kappa shape index (κ3) is 4.56. The molecule has 32 heavy (non-hydrogen) atoms. The fourth-order valence-electron chi connectivity index (χ4n) is 3.62. The van der Waals surface area contributed by atoms with Gasteiger partial charge in [0.1, 0.15) is 5.82 Å². The van der Waals surface area contributed by atoms with E-state index in [2.05, 4.69) is 20.1 Å². The summed E-state index contributed by atoms with van der Waals surface area (Å²) in [5.41, 5.74) is 0.873. The number of ether oxygens (including phenoxy) is 2. The summed E-state index contributed by atoms with van der Waals surface area (Å²) in [7, 11) is 3.18. The summed E-state index contributed by atoms with van der Waals surface area (Å²) < 4.78 is 12.4. The second-order valence-electron chi connectivity index (χ2n) is 7.35. The molecule has 0 N–H and O–H groups in total. The van der Waals surface area contributed by atoms with Crippen LogP contribution in [0, 0.1) is 6.92 Å². The average molecular weight is 435 g/mol. The summed E-state index contributed by atoms with van der Waals surface area (Å²) in [6.07, 6.45) is 6.98. The number of anilines is 1. The number of carbonyl (C=O) groups excluding carboxylic acids is 1. The van der Waals surface area contributed by atoms with Gasteiger partial charge in [0.25, 0.3) is 0 Å². The monoisotopic (exact) mass is 434 g/mol. The van der Waals surface area contributed by atoms with E-state index in [0.29, 0.717) is 37.7 Å². The molecule has 1 amide bonds. The molecular weight excluding hydrogens is 408 g/mol. The molecule has 1 aliphatic heterocycles. The highest BCUT2D eigenvalue weighted by molar-refractivity contribution is 5.92. The second-order valence-corrected chi connectivity index (χ2v) is 7.35. The van der Waals surface area contributed by atoms with Crippen molar-refractivity contribution in [2.45, 2.75) is 6.92 Å². The van der Waals surface area contributed by atoms with Gasteiger partial charge in [-0.2, -0.15) is 0 Å². The first kappa shape index (κ1) is 21.4. The minimum atomic E-state index is -0.0172. The zero-order valence-electron chi connectivity index (χ0n) is 18.4. The number of methoxy groups -OCH3 is 2. The number of nitrogens with zero attached hydrogens (tertiary/aromatic N) is 6. The maximum absolute atomic E-state index is 12.6. The second kappa shape index (κ2) is 9.51. The predicted octanol–water partition coefficient (Wildman–Crippen LogP) is 2.35. The molecule has 2 aromatic heterocycles. The molecule has 0 atom stereocenters. The highest BCUT2D eigenvalue weighted by Crippen LogP contribution is 2.28. The molecule has 0 aliphatic carbocycles. The summed E-state index contributed by atoms with van der Waals surface area (Å²) in [5.74, 6) is 3.67. The maximum Gasteiger partial charge on any atom is 0.246 e. The first-order valence-corrected chi connectivity index (χ1v) is 10.4. The van der Waals surface area contributed by atoms with Crippen LogP contribution in [0.3, 0.4) is 0 Å². The number of benzene rings is 1. The standard InChI is InChI=1S/C23H26N6O3/c1-17-24-10-11-29(17)22-8-7-21(25-26-22)27-12-14-28(15-13-27)23(30)9-5-18-4-6-19(31-2)20(16-18)32-3/h4-11,16H,12-15H2,1-3H3/b9-5+. The normalized spacial score (nSPS) is 14.1. The van der Waals surface area contributed by atoms with Crippen molar-refractivity contribution >= 4 is 17.8 Å². The first-order valence-electron chi connectivity index (χ1n) is 10.4. The van der Waals surface area contributed by atoms with Gasteiger partial charge in [-0.25, -0.2) is 4.98 Å². The Hall–Kier alpha value is -3.88. The van der Waals surface area contributed by atoms with Crippen LogP contribution in [0.25, 0.3) is 11.9 Å². The zero-order valence-corrected chi connectivity index (χ0v) is 18.4. The van der Waals surface area contributed by atoms with Crippen molar-refractivity contribution < 1.29 is 14.3 Å². The lowest BCUT2D eigenvalue weighted by Crippen LogP contribution is -2.48. The number of aromatic nitrogens is 4. The van der Waals surface area contributed by atoms with Crippen LogP contribution < -0.4 is 14.4 Å². The molecule has 3 aromatic rings. The van der Waals surface area contributed by atoms with Gasteiger partial charge in [-0.05, 0) is 42.8 Å². The number of aryl methyl sites for hydroxylation is 1. The molecule has 1 fully saturated rings. The van der Waals surface area contributed by atoms with Gasteiger partial charge in [0.2, 0.25) is 5.91 Å². The summed E-state index contributed by atoms with van der Waals surface area (Å²) in [6.45, 7) is 4.58. The molecule has 4 rings (SSSR count). The van der Waals surface area contributed by atoms with Gasteiger partial charge in [-0.15, -0.1) is 10.2 Å². The number of rotatable bonds is 6. The minimum Gasteiger partial charge on any atom is -0.493 e. The zero-order chi connectivity index (χ0) is 22.5. The molecule has 3 heterocycles. The van der Waals surface area contributed by atoms with Crippen LogP contribution in [0.4, 0.5) is 5.82 Å². The molecule has 0 bridgehead atoms. The number of amides is 1. The highest BCUT2D eigenvalue weighted by Gasteiger charge is 2.21. The van der Waals surface area contributed by atoms with Crippen molar-refractivity contribution in [3.63, 3.8) is 0 Å². The van der Waals surface area contributed by atoms with Gasteiger partial charge in [0, 0.05) is 44.6 Å². The predicted molar refractivity (Wildman–Crippen MR) is 121 cm³/mol. The minimum absolute atomic E-state index is 0.0172. The van der Waals surface area contributed by atoms with Crippen LogP contribution in [-0.4, -0.2) is 71.0 Å². The molecule has 9 heteroatoms. The van der Waals surface area contributed by atoms with Crippen LogP contribution in [0.15, 0.2) is 48.8 Å². The van der Waals surface area contributed by atoms with Crippen LogP contribution in [0.5, 0.6) is 11.5 Å². The Kier molecular flexibility index (Phi) is 6.34. The molecule has 1 aromatic carbocycles. The van der Waals surface area contributed by atoms with E-state index in [4.69, 9.17) is 9.47 Å². The van der Waals surface area contributed by atoms with Crippen molar-refractivity contribution in [1.82, 2.24) is 24.6 Å². The lowest BCUT2D eigenvalue weighted by molar-refractivity contribution is -0.126. The Labute approximate surface area is 186 Å². The molecule has 9 nitrogen and oxygen atoms in total. The van der Waals surface area contributed by atoms with Gasteiger partial charge in [-0.3, -0.25) is 9.36 Å². The SMILES string of the molecule is COc1ccc(/C=C/C(=O)N2CCN(c3ccc(-n4ccnc4C)nn3)CC2)cc1OC. The maximum atomic E-state index is 12.6. The summed E-state index contributed by atoms with van der Waals surface area (Å²) in [6, 6.07) is 9.43. The fourth-order valence-corrected chi connectivity index (χ4v) is 3.62. The number of imidazole rings is 1. The number of hydrogen-bond donors (Lipinski definition) is 0. The van der Waals surface area contributed by atoms with E-state index < -0.39 is 0 Å². The third-order valence-electron chi connectivity index (χ3n) is 5.45. The highest BCUT2D eigenvalue weighted by atomic mass is 16.5. The fraction of sp³-hybridized carbons (Fsp3) is 0.304. The van der Waals surface area contributed by atoms with Gasteiger partial charge in [0.05, 0.1) is 14.2 Å². The van der Waals surface area contributed by atoms with E-state index in [-0.39, 0.29) is 5.91 Å². The van der Waals surface area contributed by atoms with Gasteiger partial charge in [-0.1, -0.05) is 6.07 Å². The Bertz CT molecular complexity index is 1100. The summed E-state index contributed by atoms with van der Waals surface area (Å²) in [4.78, 5) is 20.8. The Morgan fingerprint density at radius 2 is 1.69 bits per heavy atom. The van der Waals surface area contributed by atoms with Crippen LogP contribution >= 0.6 is 0 Å². The molecule has 1 saturated heterocycles. The van der Waals surface area contributed by atoms with E-state index in [1.807, 2.05) is 52.9 Å². The topological polar surface area (TPSA) is 85.6 Å². The van der Waals surface area contributed by atoms with E-state index in [9.17, 15) is 4.79 Å². The molecule has 0 radical (unpaired) electrons. The van der Waals surface area contributed by atoms with Crippen molar-refractivity contribution in [3.8, 4) is 17.3 Å². The number of piperazine rings is 1. The van der Waals surface area contributed by atoms with Gasteiger partial charge in [0.15, 0.2) is 23.1 Å². The molecule has 166 valence electrons. The smallest absolute Gasteiger partial charge is 0.246 e. The molecule has 0 spiro atoms. The van der Waals surface area contributed by atoms with Crippen LogP contribution in [-0.2, 0) is 4.79 Å². The van der Waals surface area contributed by atoms with Crippen LogP contribution in [0.2, 0.25) is 0 Å². The lowest BCUT2D eigenvalue weighted by atomic mass is 10.2. The Balaban J connectivity index is 1.34. The van der Waals surface area contributed by atoms with Crippen molar-refractivity contribution in [2.24, 2.45) is 0 Å². The van der Waals surface area contributed by atoms with Gasteiger partial charge >= 0.3 is 0 Å². The van der Waals surface area contributed by atoms with Crippen molar-refractivity contribution in [2.75, 3.05) is 45.3 Å². The van der Waals surface area contributed by atoms with Crippen molar-refractivity contribution in [1.29, 1.82) is 0 Å². The van der Waals surface area contributed by atoms with E-state index in [0.717, 1.165) is 23.0 Å². The Morgan fingerprint density at radius 3 is 2.31 bits per heavy atom. The number of carbonyl (C=O) groups is 1. The van der Waals surface area contributed by atoms with E-state index >= 15 is 0 Å². The Morgan fingerprint density at radius 1 is 0.969 bits per heavy atom. The summed E-state index contributed by atoms with van der Waals surface area (Å²) in [5, 5.41) is 8.68. The van der Waals surface area contributed by atoms with Crippen molar-refractivity contribution in [3.05, 3.63) is 60.2 Å². The summed E-state index contributed by atoms with van der Waals surface area (Å²) >= 11 is 0. The molecule has 0 saturated carbocycles. The van der Waals surface area contributed by atoms with E-state index in [1.54, 1.807) is 32.6 Å². The quantitative estimate of drug-likeness (QED) is 0.551. The third-order valence-corrected chi connectivity index (χ3v) is 5.45. The first-order chi connectivity index (χ1) is 15.6. The molecular formula is C23H26N6O3. The largest absolute Gasteiger partial charge is 0.493 e. The van der Waals surface area contributed by atoms with Gasteiger partial charge < -0.3 is 19.3 Å². The molecule has 0 unspecified atom stereocenters. The lowest BCUT2D eigenvalue weighted by Gasteiger charge is -2.34. The number of hydrogen-bond acceptors (Lipinski definition) is 7. The molecule has 1 aliphatic rings. The van der Waals surface area contributed by atoms with E-state index in [1.165, 1.54) is 0 Å².